The number of hydrogen-bond acceptors (Lipinski definition) is 3. The molecule has 1 saturated heterocycles. The van der Waals surface area contributed by atoms with Crippen molar-refractivity contribution in [3.8, 4) is 0 Å². The van der Waals surface area contributed by atoms with Crippen molar-refractivity contribution in [1.29, 1.82) is 0 Å². The van der Waals surface area contributed by atoms with Crippen LogP contribution in [0, 0.1) is 0 Å². The zero-order chi connectivity index (χ0) is 17.6. The molecule has 1 aliphatic heterocycles. The normalized spacial score (nSPS) is 22.8. The number of carbonyl (C=O) groups excluding carboxylic acids is 1. The minimum absolute atomic E-state index is 0.133. The van der Waals surface area contributed by atoms with E-state index in [-0.39, 0.29) is 17.6 Å². The summed E-state index contributed by atoms with van der Waals surface area (Å²) in [6.07, 6.45) is 5.19. The molecule has 0 aromatic heterocycles. The summed E-state index contributed by atoms with van der Waals surface area (Å²) in [7, 11) is -1.58. The molecule has 132 valence electrons. The monoisotopic (exact) mass is 346 g/mol. The summed E-state index contributed by atoms with van der Waals surface area (Å²) in [5, 5.41) is 0. The van der Waals surface area contributed by atoms with Crippen LogP contribution in [0.4, 0.5) is 0 Å². The van der Waals surface area contributed by atoms with Gasteiger partial charge in [0.15, 0.2) is 0 Å². The first-order valence-corrected chi connectivity index (χ1v) is 12.5. The van der Waals surface area contributed by atoms with E-state index in [1.54, 1.807) is 0 Å². The lowest BCUT2D eigenvalue weighted by Gasteiger charge is -2.28. The molecule has 0 unspecified atom stereocenters. The summed E-state index contributed by atoms with van der Waals surface area (Å²) in [4.78, 5) is 12.3. The Bertz CT molecular complexity index is 560. The molecule has 1 aliphatic rings. The minimum Gasteiger partial charge on any atom is -0.456 e. The van der Waals surface area contributed by atoms with E-state index < -0.39 is 8.07 Å². The predicted octanol–water partition coefficient (Wildman–Crippen LogP) is 4.95. The largest absolute Gasteiger partial charge is 0.456 e. The fraction of sp³-hybridized carbons (Fsp3) is 0.550. The molecule has 2 atom stereocenters. The molecule has 1 heterocycles. The smallest absolute Gasteiger partial charge is 0.334 e. The van der Waals surface area contributed by atoms with Gasteiger partial charge in [-0.2, -0.15) is 0 Å². The second-order valence-corrected chi connectivity index (χ2v) is 12.9. The molecule has 4 heteroatoms. The van der Waals surface area contributed by atoms with Crippen molar-refractivity contribution < 1.29 is 14.3 Å². The molecular formula is C20H30O3Si. The maximum atomic E-state index is 12.3. The van der Waals surface area contributed by atoms with Crippen LogP contribution in [0.15, 0.2) is 42.0 Å². The van der Waals surface area contributed by atoms with Gasteiger partial charge in [-0.3, -0.25) is 0 Å². The lowest BCUT2D eigenvalue weighted by atomic mass is 10.1. The second kappa shape index (κ2) is 8.63. The lowest BCUT2D eigenvalue weighted by Crippen LogP contribution is -2.36. The van der Waals surface area contributed by atoms with Crippen molar-refractivity contribution in [2.45, 2.75) is 64.1 Å². The van der Waals surface area contributed by atoms with Crippen molar-refractivity contribution in [2.75, 3.05) is 6.61 Å². The van der Waals surface area contributed by atoms with Crippen LogP contribution < -0.4 is 0 Å². The molecule has 24 heavy (non-hydrogen) atoms. The summed E-state index contributed by atoms with van der Waals surface area (Å²) in [6.45, 7) is 10.1. The molecule has 0 amide bonds. The van der Waals surface area contributed by atoms with Crippen molar-refractivity contribution in [3.63, 3.8) is 0 Å². The third-order valence-electron chi connectivity index (χ3n) is 4.45. The predicted molar refractivity (Wildman–Crippen MR) is 101 cm³/mol. The first-order chi connectivity index (χ1) is 11.4. The summed E-state index contributed by atoms with van der Waals surface area (Å²) in [5.74, 6) is -0.133. The van der Waals surface area contributed by atoms with Crippen molar-refractivity contribution in [2.24, 2.45) is 0 Å². The topological polar surface area (TPSA) is 35.5 Å². The Hall–Kier alpha value is -1.39. The van der Waals surface area contributed by atoms with Gasteiger partial charge < -0.3 is 9.47 Å². The van der Waals surface area contributed by atoms with Gasteiger partial charge in [0.1, 0.15) is 6.10 Å². The Morgan fingerprint density at radius 2 is 1.92 bits per heavy atom. The highest BCUT2D eigenvalue weighted by molar-refractivity contribution is 6.79. The van der Waals surface area contributed by atoms with Crippen molar-refractivity contribution >= 4 is 14.0 Å². The molecule has 1 fully saturated rings. The Morgan fingerprint density at radius 1 is 1.21 bits per heavy atom. The van der Waals surface area contributed by atoms with Crippen molar-refractivity contribution in [3.05, 3.63) is 47.5 Å². The van der Waals surface area contributed by atoms with Gasteiger partial charge in [0.2, 0.25) is 0 Å². The number of hydrogen-bond donors (Lipinski definition) is 0. The molecule has 0 bridgehead atoms. The maximum absolute atomic E-state index is 12.3. The van der Waals surface area contributed by atoms with Crippen LogP contribution in [-0.2, 0) is 20.9 Å². The molecule has 0 saturated carbocycles. The minimum atomic E-state index is -1.58. The van der Waals surface area contributed by atoms with Crippen LogP contribution in [-0.4, -0.2) is 26.8 Å². The Labute approximate surface area is 147 Å². The quantitative estimate of drug-likeness (QED) is 0.289. The number of carbonyl (C=O) groups is 1. The number of esters is 1. The second-order valence-electron chi connectivity index (χ2n) is 7.59. The van der Waals surface area contributed by atoms with Gasteiger partial charge in [-0.15, -0.1) is 0 Å². The molecule has 0 N–H and O–H groups in total. The fourth-order valence-corrected chi connectivity index (χ4v) is 5.74. The van der Waals surface area contributed by atoms with Gasteiger partial charge in [0, 0.05) is 11.1 Å². The van der Waals surface area contributed by atoms with Crippen LogP contribution in [0.3, 0.4) is 0 Å². The summed E-state index contributed by atoms with van der Waals surface area (Å²) in [5.41, 5.74) is 2.26. The van der Waals surface area contributed by atoms with E-state index in [4.69, 9.17) is 9.47 Å². The van der Waals surface area contributed by atoms with Gasteiger partial charge >= 0.3 is 5.97 Å². The number of rotatable bonds is 8. The average molecular weight is 347 g/mol. The average Bonchev–Trinajstić information content (AvgIpc) is 2.85. The molecule has 3 nitrogen and oxygen atoms in total. The molecule has 1 aromatic rings. The summed E-state index contributed by atoms with van der Waals surface area (Å²) in [6, 6.07) is 10.1. The third-order valence-corrected chi connectivity index (χ3v) is 7.00. The first-order valence-electron chi connectivity index (χ1n) is 8.96. The fourth-order valence-electron chi connectivity index (χ4n) is 3.29. The van der Waals surface area contributed by atoms with Crippen LogP contribution in [0.1, 0.15) is 31.7 Å². The van der Waals surface area contributed by atoms with E-state index in [9.17, 15) is 4.79 Å². The number of cyclic esters (lactones) is 1. The lowest BCUT2D eigenvalue weighted by molar-refractivity contribution is -0.141. The number of benzene rings is 1. The molecule has 1 aromatic carbocycles. The SMILES string of the molecule is CCCC/C=C1\C(=O)O[C@@H](COCc2ccccc2)[C@H]1[Si](C)(C)C. The van der Waals surface area contributed by atoms with Gasteiger partial charge in [-0.05, 0) is 12.0 Å². The van der Waals surface area contributed by atoms with E-state index in [0.29, 0.717) is 13.2 Å². The molecule has 2 rings (SSSR count). The summed E-state index contributed by atoms with van der Waals surface area (Å²) < 4.78 is 11.6. The van der Waals surface area contributed by atoms with E-state index in [1.165, 1.54) is 0 Å². The van der Waals surface area contributed by atoms with Gasteiger partial charge in [-0.1, -0.05) is 75.8 Å². The highest BCUT2D eigenvalue weighted by Crippen LogP contribution is 2.41. The van der Waals surface area contributed by atoms with Gasteiger partial charge in [0.05, 0.1) is 21.3 Å². The van der Waals surface area contributed by atoms with Crippen LogP contribution in [0.25, 0.3) is 0 Å². The zero-order valence-corrected chi connectivity index (χ0v) is 16.4. The zero-order valence-electron chi connectivity index (χ0n) is 15.4. The maximum Gasteiger partial charge on any atom is 0.334 e. The standard InChI is InChI=1S/C20H30O3Si/c1-5-6-8-13-17-19(24(2,3)4)18(23-20(17)21)15-22-14-16-11-9-7-10-12-16/h7,9-13,18-19H,5-6,8,14-15H2,1-4H3/b17-13-/t18-,19-/m0/s1. The van der Waals surface area contributed by atoms with E-state index in [1.807, 2.05) is 30.3 Å². The Kier molecular flexibility index (Phi) is 6.81. The molecule has 0 aliphatic carbocycles. The number of ether oxygens (including phenoxy) is 2. The molecule has 0 radical (unpaired) electrons. The van der Waals surface area contributed by atoms with Gasteiger partial charge in [-0.25, -0.2) is 4.79 Å². The van der Waals surface area contributed by atoms with E-state index in [2.05, 4.69) is 32.6 Å². The molecule has 0 spiro atoms. The Balaban J connectivity index is 2.02. The highest BCUT2D eigenvalue weighted by Gasteiger charge is 2.46. The van der Waals surface area contributed by atoms with Crippen LogP contribution in [0.2, 0.25) is 25.2 Å². The van der Waals surface area contributed by atoms with E-state index in [0.717, 1.165) is 30.4 Å². The summed E-state index contributed by atoms with van der Waals surface area (Å²) >= 11 is 0. The first kappa shape index (κ1) is 18.9. The number of unbranched alkanes of at least 4 members (excludes halogenated alkanes) is 2. The van der Waals surface area contributed by atoms with Gasteiger partial charge in [0.25, 0.3) is 0 Å². The van der Waals surface area contributed by atoms with Crippen LogP contribution in [0.5, 0.6) is 0 Å². The number of allylic oxidation sites excluding steroid dienone is 1. The molecular weight excluding hydrogens is 316 g/mol. The highest BCUT2D eigenvalue weighted by atomic mass is 28.3. The van der Waals surface area contributed by atoms with Crippen LogP contribution >= 0.6 is 0 Å². The van der Waals surface area contributed by atoms with Crippen molar-refractivity contribution in [1.82, 2.24) is 0 Å². The Morgan fingerprint density at radius 3 is 2.54 bits per heavy atom. The third kappa shape index (κ3) is 5.05. The van der Waals surface area contributed by atoms with E-state index >= 15 is 0 Å².